The molecule has 18 heavy (non-hydrogen) atoms. The topological polar surface area (TPSA) is 75.4 Å². The molecule has 1 saturated heterocycles. The molecule has 3 atom stereocenters. The van der Waals surface area contributed by atoms with Crippen LogP contribution in [-0.2, 0) is 9.59 Å². The Morgan fingerprint density at radius 1 is 1.50 bits per heavy atom. The predicted molar refractivity (Wildman–Crippen MR) is 70.8 cm³/mol. The lowest BCUT2D eigenvalue weighted by Gasteiger charge is -2.24. The molecule has 3 N–H and O–H groups in total. The second-order valence-electron chi connectivity index (χ2n) is 5.26. The van der Waals surface area contributed by atoms with E-state index in [-0.39, 0.29) is 23.8 Å². The third-order valence-corrected chi connectivity index (χ3v) is 3.61. The van der Waals surface area contributed by atoms with E-state index in [2.05, 4.69) is 5.32 Å². The van der Waals surface area contributed by atoms with Crippen LogP contribution in [0, 0.1) is 5.92 Å². The van der Waals surface area contributed by atoms with Crippen LogP contribution in [0.4, 0.5) is 0 Å². The quantitative estimate of drug-likeness (QED) is 0.725. The van der Waals surface area contributed by atoms with Gasteiger partial charge in [0.05, 0.1) is 6.04 Å². The summed E-state index contributed by atoms with van der Waals surface area (Å²) in [6.07, 6.45) is 2.44. The van der Waals surface area contributed by atoms with Crippen LogP contribution in [0.3, 0.4) is 0 Å². The predicted octanol–water partition coefficient (Wildman–Crippen LogP) is 0.487. The highest BCUT2D eigenvalue weighted by atomic mass is 16.2. The fourth-order valence-electron chi connectivity index (χ4n) is 2.12. The standard InChI is InChI=1S/C13H25N3O2/c1-4-9(2)12(14)13(18)15-10(3)8-16-7-5-6-11(16)17/h9-10,12H,4-8,14H2,1-3H3,(H,15,18)/t9?,10?,12-/m0/s1. The van der Waals surface area contributed by atoms with Crippen molar-refractivity contribution in [2.45, 2.75) is 52.1 Å². The van der Waals surface area contributed by atoms with Crippen molar-refractivity contribution >= 4 is 11.8 Å². The minimum absolute atomic E-state index is 0.0466. The molecule has 1 aliphatic rings. The summed E-state index contributed by atoms with van der Waals surface area (Å²) in [6.45, 7) is 7.28. The van der Waals surface area contributed by atoms with E-state index in [1.807, 2.05) is 20.8 Å². The number of amides is 2. The summed E-state index contributed by atoms with van der Waals surface area (Å²) in [4.78, 5) is 25.1. The number of nitrogens with one attached hydrogen (secondary N) is 1. The van der Waals surface area contributed by atoms with Gasteiger partial charge in [-0.05, 0) is 19.3 Å². The Kier molecular flexibility index (Phi) is 5.59. The summed E-state index contributed by atoms with van der Waals surface area (Å²) in [5.74, 6) is 0.233. The van der Waals surface area contributed by atoms with Crippen LogP contribution in [0.2, 0.25) is 0 Å². The molecule has 5 heteroatoms. The van der Waals surface area contributed by atoms with Crippen molar-refractivity contribution in [3.63, 3.8) is 0 Å². The van der Waals surface area contributed by atoms with Gasteiger partial charge in [0.2, 0.25) is 11.8 Å². The van der Waals surface area contributed by atoms with Gasteiger partial charge in [0, 0.05) is 25.6 Å². The van der Waals surface area contributed by atoms with E-state index < -0.39 is 6.04 Å². The first kappa shape index (κ1) is 15.0. The van der Waals surface area contributed by atoms with Crippen LogP contribution in [0.15, 0.2) is 0 Å². The zero-order chi connectivity index (χ0) is 13.7. The van der Waals surface area contributed by atoms with Crippen LogP contribution in [0.5, 0.6) is 0 Å². The van der Waals surface area contributed by atoms with Crippen molar-refractivity contribution < 1.29 is 9.59 Å². The van der Waals surface area contributed by atoms with Gasteiger partial charge >= 0.3 is 0 Å². The van der Waals surface area contributed by atoms with Crippen LogP contribution >= 0.6 is 0 Å². The van der Waals surface area contributed by atoms with Crippen LogP contribution in [0.25, 0.3) is 0 Å². The van der Waals surface area contributed by atoms with Crippen molar-refractivity contribution in [2.75, 3.05) is 13.1 Å². The number of likely N-dealkylation sites (tertiary alicyclic amines) is 1. The van der Waals surface area contributed by atoms with Gasteiger partial charge in [0.15, 0.2) is 0 Å². The highest BCUT2D eigenvalue weighted by Crippen LogP contribution is 2.10. The van der Waals surface area contributed by atoms with E-state index in [1.54, 1.807) is 4.90 Å². The summed E-state index contributed by atoms with van der Waals surface area (Å²) in [5, 5.41) is 2.88. The van der Waals surface area contributed by atoms with Gasteiger partial charge in [-0.25, -0.2) is 0 Å². The summed E-state index contributed by atoms with van der Waals surface area (Å²) in [7, 11) is 0. The molecule has 0 aromatic heterocycles. The number of nitrogens with two attached hydrogens (primary N) is 1. The number of rotatable bonds is 6. The maximum absolute atomic E-state index is 11.9. The molecule has 0 spiro atoms. The first-order valence-corrected chi connectivity index (χ1v) is 6.79. The highest BCUT2D eigenvalue weighted by Gasteiger charge is 2.24. The maximum atomic E-state index is 11.9. The zero-order valence-corrected chi connectivity index (χ0v) is 11.6. The van der Waals surface area contributed by atoms with Crippen molar-refractivity contribution in [3.05, 3.63) is 0 Å². The lowest BCUT2D eigenvalue weighted by Crippen LogP contribution is -2.50. The molecule has 0 aromatic rings. The molecule has 2 unspecified atom stereocenters. The Morgan fingerprint density at radius 3 is 2.67 bits per heavy atom. The lowest BCUT2D eigenvalue weighted by molar-refractivity contribution is -0.129. The number of hydrogen-bond acceptors (Lipinski definition) is 3. The highest BCUT2D eigenvalue weighted by molar-refractivity contribution is 5.82. The van der Waals surface area contributed by atoms with Gasteiger partial charge in [-0.15, -0.1) is 0 Å². The Balaban J connectivity index is 2.37. The molecule has 1 fully saturated rings. The first-order chi connectivity index (χ1) is 8.45. The summed E-state index contributed by atoms with van der Waals surface area (Å²) < 4.78 is 0. The minimum Gasteiger partial charge on any atom is -0.351 e. The Bertz CT molecular complexity index is 307. The van der Waals surface area contributed by atoms with Gasteiger partial charge in [0.1, 0.15) is 0 Å². The van der Waals surface area contributed by atoms with Crippen LogP contribution in [0.1, 0.15) is 40.0 Å². The van der Waals surface area contributed by atoms with Crippen molar-refractivity contribution in [1.82, 2.24) is 10.2 Å². The van der Waals surface area contributed by atoms with E-state index in [1.165, 1.54) is 0 Å². The third-order valence-electron chi connectivity index (χ3n) is 3.61. The zero-order valence-electron chi connectivity index (χ0n) is 11.6. The largest absolute Gasteiger partial charge is 0.351 e. The van der Waals surface area contributed by atoms with Crippen molar-refractivity contribution in [2.24, 2.45) is 11.7 Å². The SMILES string of the molecule is CCC(C)[C@H](N)C(=O)NC(C)CN1CCCC1=O. The van der Waals surface area contributed by atoms with Gasteiger partial charge in [-0.1, -0.05) is 20.3 Å². The van der Waals surface area contributed by atoms with E-state index in [0.717, 1.165) is 19.4 Å². The van der Waals surface area contributed by atoms with Crippen LogP contribution < -0.4 is 11.1 Å². The van der Waals surface area contributed by atoms with Crippen molar-refractivity contribution in [1.29, 1.82) is 0 Å². The minimum atomic E-state index is -0.466. The smallest absolute Gasteiger partial charge is 0.237 e. The molecule has 1 heterocycles. The molecule has 0 aliphatic carbocycles. The fourth-order valence-corrected chi connectivity index (χ4v) is 2.12. The molecule has 2 amide bonds. The number of hydrogen-bond donors (Lipinski definition) is 2. The summed E-state index contributed by atoms with van der Waals surface area (Å²) in [5.41, 5.74) is 5.86. The average molecular weight is 255 g/mol. The Hall–Kier alpha value is -1.10. The molecule has 0 bridgehead atoms. The molecule has 0 saturated carbocycles. The normalized spacial score (nSPS) is 20.7. The number of carbonyl (C=O) groups is 2. The number of carbonyl (C=O) groups excluding carboxylic acids is 2. The summed E-state index contributed by atoms with van der Waals surface area (Å²) >= 11 is 0. The van der Waals surface area contributed by atoms with E-state index in [0.29, 0.717) is 13.0 Å². The maximum Gasteiger partial charge on any atom is 0.237 e. The molecule has 1 aliphatic heterocycles. The average Bonchev–Trinajstić information content (AvgIpc) is 2.72. The van der Waals surface area contributed by atoms with Gasteiger partial charge < -0.3 is 16.0 Å². The molecule has 1 rings (SSSR count). The van der Waals surface area contributed by atoms with Gasteiger partial charge in [-0.3, -0.25) is 9.59 Å². The third kappa shape index (κ3) is 3.98. The second-order valence-corrected chi connectivity index (χ2v) is 5.26. The molecular formula is C13H25N3O2. The molecule has 5 nitrogen and oxygen atoms in total. The van der Waals surface area contributed by atoms with Crippen LogP contribution in [-0.4, -0.2) is 41.9 Å². The molecular weight excluding hydrogens is 230 g/mol. The van der Waals surface area contributed by atoms with Gasteiger partial charge in [-0.2, -0.15) is 0 Å². The first-order valence-electron chi connectivity index (χ1n) is 6.79. The summed E-state index contributed by atoms with van der Waals surface area (Å²) in [6, 6.07) is -0.513. The Labute approximate surface area is 109 Å². The monoisotopic (exact) mass is 255 g/mol. The van der Waals surface area contributed by atoms with Gasteiger partial charge in [0.25, 0.3) is 0 Å². The van der Waals surface area contributed by atoms with Crippen molar-refractivity contribution in [3.8, 4) is 0 Å². The van der Waals surface area contributed by atoms with E-state index in [9.17, 15) is 9.59 Å². The molecule has 0 radical (unpaired) electrons. The number of nitrogens with zero attached hydrogens (tertiary/aromatic N) is 1. The van der Waals surface area contributed by atoms with E-state index >= 15 is 0 Å². The molecule has 104 valence electrons. The fraction of sp³-hybridized carbons (Fsp3) is 0.846. The second kappa shape index (κ2) is 6.73. The van der Waals surface area contributed by atoms with E-state index in [4.69, 9.17) is 5.73 Å². The Morgan fingerprint density at radius 2 is 2.17 bits per heavy atom. The lowest BCUT2D eigenvalue weighted by atomic mass is 9.99. The molecule has 0 aromatic carbocycles.